The third kappa shape index (κ3) is 2.43. The molecule has 1 amide bonds. The monoisotopic (exact) mass is 264 g/mol. The van der Waals surface area contributed by atoms with Crippen LogP contribution in [0.4, 0.5) is 0 Å². The third-order valence-corrected chi connectivity index (χ3v) is 3.95. The number of fused-ring (bicyclic) bond motifs is 1. The standard InChI is InChI=1S/C14H20N2O3/c1-14-10(4-2-3-5-13(19)16-14)9(11(17)8-15)6-7-12(14)18/h3,5-7,10-11,17-18H,2,4,8,15H2,1H3,(H,16,19)/b5-3-/t10?,11?,14-/m0/s1. The lowest BCUT2D eigenvalue weighted by molar-refractivity contribution is -0.118. The lowest BCUT2D eigenvalue weighted by Crippen LogP contribution is -2.55. The molecule has 5 N–H and O–H groups in total. The van der Waals surface area contributed by atoms with Gasteiger partial charge in [-0.05, 0) is 37.5 Å². The van der Waals surface area contributed by atoms with Gasteiger partial charge < -0.3 is 21.3 Å². The van der Waals surface area contributed by atoms with Crippen LogP contribution in [0.15, 0.2) is 35.6 Å². The molecule has 2 rings (SSSR count). The lowest BCUT2D eigenvalue weighted by atomic mass is 9.71. The third-order valence-electron chi connectivity index (χ3n) is 3.95. The fourth-order valence-corrected chi connectivity index (χ4v) is 2.81. The van der Waals surface area contributed by atoms with Gasteiger partial charge in [0.1, 0.15) is 11.3 Å². The van der Waals surface area contributed by atoms with Gasteiger partial charge in [0.05, 0.1) is 6.10 Å². The summed E-state index contributed by atoms with van der Waals surface area (Å²) in [4.78, 5) is 11.7. The molecule has 0 saturated carbocycles. The Kier molecular flexibility index (Phi) is 3.78. The molecule has 0 aromatic heterocycles. The van der Waals surface area contributed by atoms with Crippen LogP contribution in [0.5, 0.6) is 0 Å². The summed E-state index contributed by atoms with van der Waals surface area (Å²) >= 11 is 0. The summed E-state index contributed by atoms with van der Waals surface area (Å²) in [5.41, 5.74) is 5.40. The Morgan fingerprint density at radius 2 is 2.32 bits per heavy atom. The summed E-state index contributed by atoms with van der Waals surface area (Å²) in [7, 11) is 0. The number of nitrogens with two attached hydrogens (primary N) is 1. The number of aliphatic hydroxyl groups excluding tert-OH is 2. The second-order valence-electron chi connectivity index (χ2n) is 5.19. The van der Waals surface area contributed by atoms with Crippen molar-refractivity contribution >= 4 is 5.91 Å². The van der Waals surface area contributed by atoms with Gasteiger partial charge in [-0.25, -0.2) is 0 Å². The van der Waals surface area contributed by atoms with E-state index >= 15 is 0 Å². The molecular weight excluding hydrogens is 244 g/mol. The molecule has 104 valence electrons. The van der Waals surface area contributed by atoms with E-state index in [4.69, 9.17) is 5.73 Å². The van der Waals surface area contributed by atoms with Crippen molar-refractivity contribution in [1.82, 2.24) is 5.32 Å². The van der Waals surface area contributed by atoms with Crippen LogP contribution in [0.2, 0.25) is 0 Å². The van der Waals surface area contributed by atoms with Gasteiger partial charge in [0.2, 0.25) is 5.91 Å². The fourth-order valence-electron chi connectivity index (χ4n) is 2.81. The minimum Gasteiger partial charge on any atom is -0.510 e. The second-order valence-corrected chi connectivity index (χ2v) is 5.19. The molecule has 0 aromatic carbocycles. The van der Waals surface area contributed by atoms with Crippen molar-refractivity contribution in [2.24, 2.45) is 11.7 Å². The van der Waals surface area contributed by atoms with E-state index in [-0.39, 0.29) is 24.1 Å². The van der Waals surface area contributed by atoms with E-state index in [2.05, 4.69) is 5.32 Å². The van der Waals surface area contributed by atoms with Crippen molar-refractivity contribution in [1.29, 1.82) is 0 Å². The molecule has 2 aliphatic rings. The number of nitrogens with one attached hydrogen (secondary N) is 1. The number of rotatable bonds is 2. The maximum Gasteiger partial charge on any atom is 0.244 e. The molecular formula is C14H20N2O3. The molecule has 0 saturated heterocycles. The Bertz CT molecular complexity index is 467. The van der Waals surface area contributed by atoms with Crippen molar-refractivity contribution < 1.29 is 15.0 Å². The van der Waals surface area contributed by atoms with Gasteiger partial charge >= 0.3 is 0 Å². The molecule has 0 radical (unpaired) electrons. The van der Waals surface area contributed by atoms with E-state index in [0.29, 0.717) is 0 Å². The number of carbonyl (C=O) groups is 1. The quantitative estimate of drug-likeness (QED) is 0.585. The number of aliphatic hydroxyl groups is 2. The highest BCUT2D eigenvalue weighted by atomic mass is 16.3. The van der Waals surface area contributed by atoms with E-state index in [1.54, 1.807) is 19.1 Å². The molecule has 1 aliphatic heterocycles. The van der Waals surface area contributed by atoms with Gasteiger partial charge in [0.25, 0.3) is 0 Å². The van der Waals surface area contributed by atoms with Gasteiger partial charge in [-0.1, -0.05) is 12.2 Å². The van der Waals surface area contributed by atoms with Crippen LogP contribution in [0.3, 0.4) is 0 Å². The van der Waals surface area contributed by atoms with Gasteiger partial charge in [-0.2, -0.15) is 0 Å². The zero-order valence-electron chi connectivity index (χ0n) is 11.0. The highest BCUT2D eigenvalue weighted by Gasteiger charge is 2.44. The maximum atomic E-state index is 11.7. The highest BCUT2D eigenvalue weighted by molar-refractivity contribution is 5.88. The summed E-state index contributed by atoms with van der Waals surface area (Å²) < 4.78 is 0. The van der Waals surface area contributed by atoms with Crippen molar-refractivity contribution in [3.63, 3.8) is 0 Å². The predicted molar refractivity (Wildman–Crippen MR) is 72.3 cm³/mol. The topological polar surface area (TPSA) is 95.6 Å². The molecule has 0 aromatic rings. The molecule has 19 heavy (non-hydrogen) atoms. The number of hydrogen-bond donors (Lipinski definition) is 4. The van der Waals surface area contributed by atoms with Gasteiger partial charge in [-0.15, -0.1) is 0 Å². The van der Waals surface area contributed by atoms with Crippen molar-refractivity contribution in [3.05, 3.63) is 35.6 Å². The SMILES string of the molecule is C[C@]12NC(=O)/C=C\CCC1C(C(O)CN)=CC=C2O. The van der Waals surface area contributed by atoms with Crippen LogP contribution < -0.4 is 11.1 Å². The number of allylic oxidation sites excluding steroid dienone is 3. The zero-order valence-corrected chi connectivity index (χ0v) is 11.0. The predicted octanol–water partition coefficient (Wildman–Crippen LogP) is 0.529. The summed E-state index contributed by atoms with van der Waals surface area (Å²) in [6, 6.07) is 0. The van der Waals surface area contributed by atoms with Crippen LogP contribution in [0.25, 0.3) is 0 Å². The number of carbonyl (C=O) groups excluding carboxylic acids is 1. The summed E-state index contributed by atoms with van der Waals surface area (Å²) in [6.07, 6.45) is 7.20. The highest BCUT2D eigenvalue weighted by Crippen LogP contribution is 2.39. The van der Waals surface area contributed by atoms with Crippen LogP contribution in [-0.2, 0) is 4.79 Å². The first-order valence-electron chi connectivity index (χ1n) is 6.47. The summed E-state index contributed by atoms with van der Waals surface area (Å²) in [5.74, 6) is -0.297. The van der Waals surface area contributed by atoms with Gasteiger partial charge in [-0.3, -0.25) is 4.79 Å². The molecule has 1 aliphatic carbocycles. The van der Waals surface area contributed by atoms with E-state index in [1.807, 2.05) is 0 Å². The maximum absolute atomic E-state index is 11.7. The number of hydrogen-bond acceptors (Lipinski definition) is 4. The van der Waals surface area contributed by atoms with Crippen LogP contribution in [0.1, 0.15) is 19.8 Å². The molecule has 2 unspecified atom stereocenters. The Hall–Kier alpha value is -1.59. The van der Waals surface area contributed by atoms with Gasteiger partial charge in [0.15, 0.2) is 0 Å². The van der Waals surface area contributed by atoms with Crippen LogP contribution >= 0.6 is 0 Å². The van der Waals surface area contributed by atoms with Crippen LogP contribution in [-0.4, -0.2) is 34.3 Å². The first kappa shape index (κ1) is 13.8. The van der Waals surface area contributed by atoms with Gasteiger partial charge in [0, 0.05) is 12.5 Å². The number of amides is 1. The van der Waals surface area contributed by atoms with Crippen molar-refractivity contribution in [3.8, 4) is 0 Å². The molecule has 0 fully saturated rings. The minimum absolute atomic E-state index is 0.106. The average Bonchev–Trinajstić information content (AvgIpc) is 2.36. The van der Waals surface area contributed by atoms with Crippen LogP contribution in [0, 0.1) is 5.92 Å². The van der Waals surface area contributed by atoms with E-state index < -0.39 is 11.6 Å². The van der Waals surface area contributed by atoms with E-state index in [0.717, 1.165) is 18.4 Å². The lowest BCUT2D eigenvalue weighted by Gasteiger charge is -2.42. The fraction of sp³-hybridized carbons (Fsp3) is 0.500. The molecule has 0 bridgehead atoms. The summed E-state index contributed by atoms with van der Waals surface area (Å²) in [6.45, 7) is 1.90. The molecule has 0 spiro atoms. The largest absolute Gasteiger partial charge is 0.510 e. The first-order valence-corrected chi connectivity index (χ1v) is 6.47. The molecule has 3 atom stereocenters. The second kappa shape index (κ2) is 5.19. The molecule has 5 nitrogen and oxygen atoms in total. The minimum atomic E-state index is -0.887. The zero-order chi connectivity index (χ0) is 14.0. The smallest absolute Gasteiger partial charge is 0.244 e. The first-order chi connectivity index (χ1) is 8.99. The van der Waals surface area contributed by atoms with E-state index in [1.165, 1.54) is 12.2 Å². The average molecular weight is 264 g/mol. The molecule has 1 heterocycles. The molecule has 5 heteroatoms. The Labute approximate surface area is 112 Å². The normalized spacial score (nSPS) is 34.1. The Morgan fingerprint density at radius 3 is 3.00 bits per heavy atom. The Balaban J connectivity index is 2.42. The Morgan fingerprint density at radius 1 is 1.58 bits per heavy atom. The summed E-state index contributed by atoms with van der Waals surface area (Å²) in [5, 5.41) is 23.0. The van der Waals surface area contributed by atoms with E-state index in [9.17, 15) is 15.0 Å². The van der Waals surface area contributed by atoms with Crippen molar-refractivity contribution in [2.45, 2.75) is 31.4 Å². The van der Waals surface area contributed by atoms with Crippen molar-refractivity contribution in [2.75, 3.05) is 6.54 Å².